The van der Waals surface area contributed by atoms with Gasteiger partial charge in [-0.1, -0.05) is 41.5 Å². The van der Waals surface area contributed by atoms with Crippen molar-refractivity contribution in [1.29, 1.82) is 0 Å². The van der Waals surface area contributed by atoms with Crippen molar-refractivity contribution >= 4 is 5.82 Å². The van der Waals surface area contributed by atoms with Gasteiger partial charge in [-0.2, -0.15) is 0 Å². The minimum Gasteiger partial charge on any atom is -0.448 e. The minimum absolute atomic E-state index is 0.245. The van der Waals surface area contributed by atoms with Gasteiger partial charge in [-0.3, -0.25) is 0 Å². The molecule has 22 heavy (non-hydrogen) atoms. The number of ether oxygens (including phenoxy) is 2. The minimum atomic E-state index is 0.245. The third kappa shape index (κ3) is 3.12. The molecule has 0 aliphatic rings. The molecule has 0 fully saturated rings. The highest BCUT2D eigenvalue weighted by atomic mass is 16.5. The van der Waals surface area contributed by atoms with Crippen molar-refractivity contribution in [2.45, 2.75) is 0 Å². The summed E-state index contributed by atoms with van der Waals surface area (Å²) in [5, 5.41) is 14.5. The average molecular weight is 294 g/mol. The Labute approximate surface area is 127 Å². The van der Waals surface area contributed by atoms with Gasteiger partial charge < -0.3 is 14.8 Å². The van der Waals surface area contributed by atoms with Crippen LogP contribution in [0, 0.1) is 0 Å². The molecule has 0 unspecified atom stereocenters. The second-order valence-corrected chi connectivity index (χ2v) is 4.35. The van der Waals surface area contributed by atoms with E-state index in [0.29, 0.717) is 23.1 Å². The van der Waals surface area contributed by atoms with E-state index in [1.54, 1.807) is 7.05 Å². The third-order valence-electron chi connectivity index (χ3n) is 2.85. The van der Waals surface area contributed by atoms with E-state index < -0.39 is 0 Å². The summed E-state index contributed by atoms with van der Waals surface area (Å²) in [4.78, 5) is 0. The lowest BCUT2D eigenvalue weighted by Gasteiger charge is -2.12. The summed E-state index contributed by atoms with van der Waals surface area (Å²) in [7, 11) is 1.73. The Morgan fingerprint density at radius 1 is 0.773 bits per heavy atom. The zero-order valence-corrected chi connectivity index (χ0v) is 11.9. The Morgan fingerprint density at radius 2 is 1.36 bits per heavy atom. The van der Waals surface area contributed by atoms with Crippen LogP contribution < -0.4 is 14.8 Å². The standard InChI is InChI=1S/C16H14N4O2/c1-17-15-14(21-12-8-4-2-5-9-12)16(19-20-18-15)22-13-10-6-3-7-11-13/h2-11H,1H3,(H,17,18,19). The smallest absolute Gasteiger partial charge is 0.288 e. The van der Waals surface area contributed by atoms with Crippen molar-refractivity contribution < 1.29 is 9.47 Å². The number of hydrogen-bond acceptors (Lipinski definition) is 6. The van der Waals surface area contributed by atoms with Gasteiger partial charge in [-0.15, -0.1) is 5.10 Å². The maximum Gasteiger partial charge on any atom is 0.288 e. The van der Waals surface area contributed by atoms with Crippen LogP contribution in [0.2, 0.25) is 0 Å². The lowest BCUT2D eigenvalue weighted by molar-refractivity contribution is 0.395. The summed E-state index contributed by atoms with van der Waals surface area (Å²) in [5.41, 5.74) is 0. The second-order valence-electron chi connectivity index (χ2n) is 4.35. The fraction of sp³-hybridized carbons (Fsp3) is 0.0625. The Morgan fingerprint density at radius 3 is 1.95 bits per heavy atom. The van der Waals surface area contributed by atoms with Crippen LogP contribution in [-0.4, -0.2) is 22.5 Å². The average Bonchev–Trinajstić information content (AvgIpc) is 2.58. The topological polar surface area (TPSA) is 69.2 Å². The molecular weight excluding hydrogens is 280 g/mol. The van der Waals surface area contributed by atoms with Crippen molar-refractivity contribution in [2.24, 2.45) is 0 Å². The van der Waals surface area contributed by atoms with Gasteiger partial charge in [0.25, 0.3) is 5.88 Å². The molecule has 0 atom stereocenters. The van der Waals surface area contributed by atoms with E-state index in [2.05, 4.69) is 20.7 Å². The maximum atomic E-state index is 5.85. The number of nitrogens with zero attached hydrogens (tertiary/aromatic N) is 3. The predicted octanol–water partition coefficient (Wildman–Crippen LogP) is 3.50. The molecule has 6 heteroatoms. The molecule has 0 saturated heterocycles. The number of aromatic nitrogens is 3. The number of rotatable bonds is 5. The molecule has 1 N–H and O–H groups in total. The van der Waals surface area contributed by atoms with Crippen LogP contribution in [-0.2, 0) is 0 Å². The van der Waals surface area contributed by atoms with Crippen LogP contribution in [0.3, 0.4) is 0 Å². The van der Waals surface area contributed by atoms with Gasteiger partial charge in [0, 0.05) is 7.05 Å². The van der Waals surface area contributed by atoms with Crippen LogP contribution in [0.25, 0.3) is 0 Å². The first-order valence-electron chi connectivity index (χ1n) is 6.74. The lowest BCUT2D eigenvalue weighted by atomic mass is 10.3. The highest BCUT2D eigenvalue weighted by Crippen LogP contribution is 2.36. The van der Waals surface area contributed by atoms with Gasteiger partial charge in [-0.05, 0) is 29.5 Å². The zero-order valence-electron chi connectivity index (χ0n) is 11.9. The van der Waals surface area contributed by atoms with Crippen molar-refractivity contribution in [3.63, 3.8) is 0 Å². The summed E-state index contributed by atoms with van der Waals surface area (Å²) in [5.74, 6) is 2.38. The first kappa shape index (κ1) is 13.8. The number of hydrogen-bond donors (Lipinski definition) is 1. The highest BCUT2D eigenvalue weighted by Gasteiger charge is 2.16. The quantitative estimate of drug-likeness (QED) is 0.776. The van der Waals surface area contributed by atoms with Crippen LogP contribution in [0.15, 0.2) is 60.7 Å². The van der Waals surface area contributed by atoms with Crippen molar-refractivity contribution in [3.05, 3.63) is 60.7 Å². The van der Waals surface area contributed by atoms with Crippen molar-refractivity contribution in [2.75, 3.05) is 12.4 Å². The summed E-state index contributed by atoms with van der Waals surface area (Å²) in [6.45, 7) is 0. The molecule has 0 radical (unpaired) electrons. The molecule has 6 nitrogen and oxygen atoms in total. The summed E-state index contributed by atoms with van der Waals surface area (Å²) in [6.07, 6.45) is 0. The van der Waals surface area contributed by atoms with Gasteiger partial charge in [0.2, 0.25) is 5.75 Å². The van der Waals surface area contributed by atoms with Crippen LogP contribution in [0.4, 0.5) is 5.82 Å². The van der Waals surface area contributed by atoms with Gasteiger partial charge in [0.1, 0.15) is 11.5 Å². The number of benzene rings is 2. The molecule has 1 aromatic heterocycles. The largest absolute Gasteiger partial charge is 0.448 e. The lowest BCUT2D eigenvalue weighted by Crippen LogP contribution is -2.03. The van der Waals surface area contributed by atoms with E-state index in [1.165, 1.54) is 0 Å². The molecule has 110 valence electrons. The Bertz CT molecular complexity index is 736. The Hall–Kier alpha value is -3.15. The van der Waals surface area contributed by atoms with E-state index in [9.17, 15) is 0 Å². The number of anilines is 1. The molecule has 0 bridgehead atoms. The molecule has 0 saturated carbocycles. The molecule has 2 aromatic carbocycles. The number of para-hydroxylation sites is 2. The molecule has 0 spiro atoms. The monoisotopic (exact) mass is 294 g/mol. The molecular formula is C16H14N4O2. The van der Waals surface area contributed by atoms with E-state index >= 15 is 0 Å². The fourth-order valence-corrected chi connectivity index (χ4v) is 1.83. The summed E-state index contributed by atoms with van der Waals surface area (Å²) < 4.78 is 11.6. The molecule has 0 aliphatic carbocycles. The van der Waals surface area contributed by atoms with Gasteiger partial charge in [0.05, 0.1) is 0 Å². The number of nitrogens with one attached hydrogen (secondary N) is 1. The molecule has 0 amide bonds. The van der Waals surface area contributed by atoms with Gasteiger partial charge in [0.15, 0.2) is 5.82 Å². The maximum absolute atomic E-state index is 5.85. The molecule has 3 rings (SSSR count). The highest BCUT2D eigenvalue weighted by molar-refractivity contribution is 5.56. The van der Waals surface area contributed by atoms with E-state index in [4.69, 9.17) is 9.47 Å². The molecule has 1 heterocycles. The normalized spacial score (nSPS) is 10.0. The predicted molar refractivity (Wildman–Crippen MR) is 82.4 cm³/mol. The fourth-order valence-electron chi connectivity index (χ4n) is 1.83. The van der Waals surface area contributed by atoms with Crippen molar-refractivity contribution in [3.8, 4) is 23.1 Å². The molecule has 0 aliphatic heterocycles. The first-order valence-corrected chi connectivity index (χ1v) is 6.74. The van der Waals surface area contributed by atoms with Crippen molar-refractivity contribution in [1.82, 2.24) is 15.4 Å². The van der Waals surface area contributed by atoms with E-state index in [0.717, 1.165) is 0 Å². The second kappa shape index (κ2) is 6.53. The van der Waals surface area contributed by atoms with Crippen LogP contribution >= 0.6 is 0 Å². The van der Waals surface area contributed by atoms with Gasteiger partial charge in [-0.25, -0.2) is 0 Å². The van der Waals surface area contributed by atoms with Crippen LogP contribution in [0.1, 0.15) is 0 Å². The summed E-state index contributed by atoms with van der Waals surface area (Å²) >= 11 is 0. The van der Waals surface area contributed by atoms with E-state index in [-0.39, 0.29) is 5.88 Å². The third-order valence-corrected chi connectivity index (χ3v) is 2.85. The molecule has 3 aromatic rings. The first-order chi connectivity index (χ1) is 10.9. The zero-order chi connectivity index (χ0) is 15.2. The van der Waals surface area contributed by atoms with Crippen LogP contribution in [0.5, 0.6) is 23.1 Å². The SMILES string of the molecule is CNc1nnnc(Oc2ccccc2)c1Oc1ccccc1. The Kier molecular flexibility index (Phi) is 4.10. The van der Waals surface area contributed by atoms with E-state index in [1.807, 2.05) is 60.7 Å². The summed E-state index contributed by atoms with van der Waals surface area (Å²) in [6, 6.07) is 18.7. The van der Waals surface area contributed by atoms with Gasteiger partial charge >= 0.3 is 0 Å². The Balaban J connectivity index is 1.95.